The van der Waals surface area contributed by atoms with Crippen molar-refractivity contribution in [3.8, 4) is 5.75 Å². The van der Waals surface area contributed by atoms with Crippen molar-refractivity contribution in [1.82, 2.24) is 4.90 Å². The monoisotopic (exact) mass is 362 g/mol. The van der Waals surface area contributed by atoms with Gasteiger partial charge in [-0.05, 0) is 39.6 Å². The molecule has 0 aromatic heterocycles. The van der Waals surface area contributed by atoms with Crippen molar-refractivity contribution in [1.29, 1.82) is 0 Å². The van der Waals surface area contributed by atoms with Crippen LogP contribution >= 0.6 is 0 Å². The summed E-state index contributed by atoms with van der Waals surface area (Å²) < 4.78 is 46.8. The molecule has 0 spiro atoms. The van der Waals surface area contributed by atoms with Gasteiger partial charge >= 0.3 is 6.36 Å². The Morgan fingerprint density at radius 3 is 2.60 bits per heavy atom. The Balaban J connectivity index is 2.70. The van der Waals surface area contributed by atoms with E-state index in [0.717, 1.165) is 13.0 Å². The highest BCUT2D eigenvalue weighted by Crippen LogP contribution is 2.29. The van der Waals surface area contributed by atoms with Crippen molar-refractivity contribution < 1.29 is 22.6 Å². The second-order valence-electron chi connectivity index (χ2n) is 5.56. The maximum Gasteiger partial charge on any atom is 0.573 e. The van der Waals surface area contributed by atoms with Crippen LogP contribution in [0.4, 0.5) is 18.9 Å². The normalized spacial score (nSPS) is 13.8. The number of ether oxygens (including phenoxy) is 2. The van der Waals surface area contributed by atoms with E-state index in [0.29, 0.717) is 13.2 Å². The molecule has 0 aliphatic carbocycles. The smallest absolute Gasteiger partial charge is 0.404 e. The molecular formula is C16H25F3N4O2. The highest BCUT2D eigenvalue weighted by atomic mass is 19.4. The third-order valence-corrected chi connectivity index (χ3v) is 3.14. The van der Waals surface area contributed by atoms with Crippen molar-refractivity contribution in [2.24, 2.45) is 10.7 Å². The lowest BCUT2D eigenvalue weighted by Gasteiger charge is -2.18. The van der Waals surface area contributed by atoms with Crippen molar-refractivity contribution in [2.75, 3.05) is 39.1 Å². The van der Waals surface area contributed by atoms with E-state index < -0.39 is 6.36 Å². The first kappa shape index (κ1) is 21.0. The second-order valence-corrected chi connectivity index (χ2v) is 5.56. The molecule has 3 N–H and O–H groups in total. The number of hydrogen-bond acceptors (Lipinski definition) is 4. The molecule has 0 radical (unpaired) electrons. The van der Waals surface area contributed by atoms with E-state index in [1.807, 2.05) is 25.9 Å². The first-order chi connectivity index (χ1) is 11.7. The van der Waals surface area contributed by atoms with Gasteiger partial charge in [-0.2, -0.15) is 0 Å². The first-order valence-corrected chi connectivity index (χ1v) is 7.89. The standard InChI is InChI=1S/C16H25F3N4O2/c1-4-24-12(9-10-23(2)3)11-21-15(20)22-13-7-5-6-8-14(13)25-16(17,18)19/h5-8,12H,4,9-11H2,1-3H3,(H3,20,21,22). The van der Waals surface area contributed by atoms with Gasteiger partial charge in [-0.1, -0.05) is 12.1 Å². The van der Waals surface area contributed by atoms with Gasteiger partial charge < -0.3 is 25.4 Å². The van der Waals surface area contributed by atoms with Crippen LogP contribution in [0.2, 0.25) is 0 Å². The van der Waals surface area contributed by atoms with Crippen molar-refractivity contribution in [3.05, 3.63) is 24.3 Å². The summed E-state index contributed by atoms with van der Waals surface area (Å²) in [6.07, 6.45) is -4.13. The predicted molar refractivity (Wildman–Crippen MR) is 91.8 cm³/mol. The number of nitrogens with zero attached hydrogens (tertiary/aromatic N) is 2. The van der Waals surface area contributed by atoms with Gasteiger partial charge in [0.15, 0.2) is 11.7 Å². The van der Waals surface area contributed by atoms with Gasteiger partial charge in [0.2, 0.25) is 0 Å². The zero-order valence-electron chi connectivity index (χ0n) is 14.6. The van der Waals surface area contributed by atoms with E-state index in [4.69, 9.17) is 10.5 Å². The summed E-state index contributed by atoms with van der Waals surface area (Å²) in [7, 11) is 3.92. The van der Waals surface area contributed by atoms with Crippen molar-refractivity contribution in [3.63, 3.8) is 0 Å². The fraction of sp³-hybridized carbons (Fsp3) is 0.562. The zero-order valence-corrected chi connectivity index (χ0v) is 14.6. The van der Waals surface area contributed by atoms with Crippen LogP contribution in [0, 0.1) is 0 Å². The lowest BCUT2D eigenvalue weighted by atomic mass is 10.2. The van der Waals surface area contributed by atoms with Gasteiger partial charge in [0, 0.05) is 13.2 Å². The van der Waals surface area contributed by atoms with E-state index in [9.17, 15) is 13.2 Å². The molecule has 1 unspecified atom stereocenters. The summed E-state index contributed by atoms with van der Waals surface area (Å²) in [5, 5.41) is 2.63. The molecule has 1 atom stereocenters. The lowest BCUT2D eigenvalue weighted by Crippen LogP contribution is -2.28. The number of rotatable bonds is 9. The molecule has 0 amide bonds. The molecule has 142 valence electrons. The summed E-state index contributed by atoms with van der Waals surface area (Å²) in [6, 6.07) is 5.63. The number of nitrogens with one attached hydrogen (secondary N) is 1. The maximum absolute atomic E-state index is 12.4. The zero-order chi connectivity index (χ0) is 18.9. The Bertz CT molecular complexity index is 550. The number of anilines is 1. The van der Waals surface area contributed by atoms with Crippen LogP contribution in [0.15, 0.2) is 29.3 Å². The van der Waals surface area contributed by atoms with Crippen molar-refractivity contribution in [2.45, 2.75) is 25.8 Å². The summed E-state index contributed by atoms with van der Waals surface area (Å²) in [5.41, 5.74) is 5.86. The van der Waals surface area contributed by atoms with E-state index in [1.54, 1.807) is 6.07 Å². The third-order valence-electron chi connectivity index (χ3n) is 3.14. The molecule has 0 fully saturated rings. The average molecular weight is 362 g/mol. The average Bonchev–Trinajstić information content (AvgIpc) is 2.50. The number of nitrogens with two attached hydrogens (primary N) is 1. The van der Waals surface area contributed by atoms with Crippen LogP contribution in [-0.4, -0.2) is 57.1 Å². The molecule has 0 bridgehead atoms. The first-order valence-electron chi connectivity index (χ1n) is 7.89. The largest absolute Gasteiger partial charge is 0.573 e. The van der Waals surface area contributed by atoms with Crippen LogP contribution in [0.25, 0.3) is 0 Å². The number of hydrogen-bond donors (Lipinski definition) is 2. The van der Waals surface area contributed by atoms with Gasteiger partial charge in [-0.25, -0.2) is 0 Å². The molecule has 1 aromatic rings. The number of benzene rings is 1. The number of halogens is 3. The van der Waals surface area contributed by atoms with Gasteiger partial charge in [-0.3, -0.25) is 4.99 Å². The van der Waals surface area contributed by atoms with Gasteiger partial charge in [0.1, 0.15) is 0 Å². The molecule has 1 rings (SSSR count). The van der Waals surface area contributed by atoms with Crippen LogP contribution in [-0.2, 0) is 4.74 Å². The molecular weight excluding hydrogens is 337 g/mol. The molecule has 0 heterocycles. The fourth-order valence-electron chi connectivity index (χ4n) is 2.03. The van der Waals surface area contributed by atoms with E-state index in [-0.39, 0.29) is 23.5 Å². The molecule has 0 aliphatic heterocycles. The molecule has 6 nitrogen and oxygen atoms in total. The second kappa shape index (κ2) is 10.1. The number of alkyl halides is 3. The minimum absolute atomic E-state index is 0.00668. The molecule has 9 heteroatoms. The molecule has 0 aliphatic rings. The van der Waals surface area contributed by atoms with Crippen LogP contribution < -0.4 is 15.8 Å². The maximum atomic E-state index is 12.4. The third kappa shape index (κ3) is 9.16. The molecule has 0 saturated carbocycles. The van der Waals surface area contributed by atoms with E-state index in [2.05, 4.69) is 15.0 Å². The van der Waals surface area contributed by atoms with Gasteiger partial charge in [0.25, 0.3) is 0 Å². The number of para-hydroxylation sites is 2. The Morgan fingerprint density at radius 1 is 1.32 bits per heavy atom. The number of aliphatic imine (C=N–C) groups is 1. The minimum Gasteiger partial charge on any atom is -0.404 e. The summed E-state index contributed by atoms with van der Waals surface area (Å²) >= 11 is 0. The Labute approximate surface area is 145 Å². The number of guanidine groups is 1. The fourth-order valence-corrected chi connectivity index (χ4v) is 2.03. The SMILES string of the molecule is CCOC(CCN(C)C)CN=C(N)Nc1ccccc1OC(F)(F)F. The quantitative estimate of drug-likeness (QED) is 0.522. The Kier molecular flexibility index (Phi) is 8.50. The van der Waals surface area contributed by atoms with Crippen LogP contribution in [0.5, 0.6) is 5.75 Å². The van der Waals surface area contributed by atoms with Gasteiger partial charge in [0.05, 0.1) is 18.3 Å². The highest BCUT2D eigenvalue weighted by Gasteiger charge is 2.32. The van der Waals surface area contributed by atoms with Crippen LogP contribution in [0.3, 0.4) is 0 Å². The minimum atomic E-state index is -4.78. The molecule has 25 heavy (non-hydrogen) atoms. The molecule has 0 saturated heterocycles. The van der Waals surface area contributed by atoms with E-state index >= 15 is 0 Å². The highest BCUT2D eigenvalue weighted by molar-refractivity contribution is 5.93. The van der Waals surface area contributed by atoms with E-state index in [1.165, 1.54) is 18.2 Å². The predicted octanol–water partition coefficient (Wildman–Crippen LogP) is 2.67. The summed E-state index contributed by atoms with van der Waals surface area (Å²) in [4.78, 5) is 6.19. The molecule has 1 aromatic carbocycles. The van der Waals surface area contributed by atoms with Crippen molar-refractivity contribution >= 4 is 11.6 Å². The van der Waals surface area contributed by atoms with Crippen LogP contribution in [0.1, 0.15) is 13.3 Å². The topological polar surface area (TPSA) is 72.1 Å². The van der Waals surface area contributed by atoms with Gasteiger partial charge in [-0.15, -0.1) is 13.2 Å². The Morgan fingerprint density at radius 2 is 2.00 bits per heavy atom. The lowest BCUT2D eigenvalue weighted by molar-refractivity contribution is -0.274. The summed E-state index contributed by atoms with van der Waals surface area (Å²) in [6.45, 7) is 3.57. The summed E-state index contributed by atoms with van der Waals surface area (Å²) in [5.74, 6) is -0.380. The Hall–Kier alpha value is -2.00.